The molecule has 0 unspecified atom stereocenters. The number of allylic oxidation sites excluding steroid dienone is 1. The number of hydrogen-bond donors (Lipinski definition) is 0. The number of nitrogens with zero attached hydrogens (tertiary/aromatic N) is 1. The number of halogens is 1. The molecule has 0 saturated carbocycles. The van der Waals surface area contributed by atoms with Gasteiger partial charge in [0.05, 0.1) is 0 Å². The van der Waals surface area contributed by atoms with Gasteiger partial charge in [0.25, 0.3) is 0 Å². The predicted molar refractivity (Wildman–Crippen MR) is 84.1 cm³/mol. The molecule has 92 valence electrons. The molecule has 0 saturated heterocycles. The highest BCUT2D eigenvalue weighted by atomic mass is 35.5. The average Bonchev–Trinajstić information content (AvgIpc) is 2.31. The lowest BCUT2D eigenvalue weighted by molar-refractivity contribution is 1.08. The Hall–Kier alpha value is -0.510. The summed E-state index contributed by atoms with van der Waals surface area (Å²) in [5, 5.41) is 0.808. The Balaban J connectivity index is 2.62. The molecule has 0 aliphatic carbocycles. The molecule has 0 aliphatic rings. The van der Waals surface area contributed by atoms with Crippen LogP contribution in [0.25, 0.3) is 0 Å². The van der Waals surface area contributed by atoms with Crippen molar-refractivity contribution in [2.45, 2.75) is 13.8 Å². The van der Waals surface area contributed by atoms with Crippen molar-refractivity contribution in [1.82, 2.24) is 0 Å². The van der Waals surface area contributed by atoms with E-state index in [-0.39, 0.29) is 0 Å². The first-order valence-electron chi connectivity index (χ1n) is 5.46. The minimum atomic E-state index is 0.808. The van der Waals surface area contributed by atoms with Gasteiger partial charge in [-0.05, 0) is 26.0 Å². The summed E-state index contributed by atoms with van der Waals surface area (Å²) in [6.45, 7) is 4.85. The van der Waals surface area contributed by atoms with Gasteiger partial charge in [-0.2, -0.15) is 0 Å². The second kappa shape index (κ2) is 7.75. The minimum Gasteiger partial charge on any atom is -0.328 e. The molecule has 0 aromatic heterocycles. The van der Waals surface area contributed by atoms with Crippen LogP contribution in [0.15, 0.2) is 41.4 Å². The molecule has 17 heavy (non-hydrogen) atoms. The van der Waals surface area contributed by atoms with Crippen LogP contribution in [0.1, 0.15) is 13.8 Å². The number of benzene rings is 1. The van der Waals surface area contributed by atoms with E-state index in [9.17, 15) is 0 Å². The maximum Gasteiger partial charge on any atom is 0.141 e. The highest BCUT2D eigenvalue weighted by molar-refractivity contribution is 8.23. The van der Waals surface area contributed by atoms with Crippen molar-refractivity contribution in [3.63, 3.8) is 0 Å². The Bertz CT molecular complexity index is 386. The van der Waals surface area contributed by atoms with Crippen LogP contribution >= 0.6 is 35.6 Å². The highest BCUT2D eigenvalue weighted by Gasteiger charge is 2.09. The molecule has 0 amide bonds. The topological polar surface area (TPSA) is 3.24 Å². The first-order chi connectivity index (χ1) is 8.15. The standard InChI is InChI=1S/C13H16ClNS2/c1-3-15(12-7-5-4-6-8-12)13(16)17-10-9-11(2)14/h4-9H,3,10H2,1-2H3/b11-9-. The van der Waals surface area contributed by atoms with Gasteiger partial charge in [0.2, 0.25) is 0 Å². The van der Waals surface area contributed by atoms with E-state index in [0.717, 1.165) is 27.3 Å². The van der Waals surface area contributed by atoms with Gasteiger partial charge in [0.15, 0.2) is 0 Å². The molecule has 0 radical (unpaired) electrons. The second-order valence-electron chi connectivity index (χ2n) is 3.45. The van der Waals surface area contributed by atoms with Crippen molar-refractivity contribution in [3.8, 4) is 0 Å². The van der Waals surface area contributed by atoms with Gasteiger partial charge in [0, 0.05) is 23.0 Å². The number of para-hydroxylation sites is 1. The predicted octanol–water partition coefficient (Wildman–Crippen LogP) is 4.67. The Morgan fingerprint density at radius 2 is 2.06 bits per heavy atom. The highest BCUT2D eigenvalue weighted by Crippen LogP contribution is 2.19. The van der Waals surface area contributed by atoms with Crippen LogP contribution in [-0.2, 0) is 0 Å². The van der Waals surface area contributed by atoms with Crippen LogP contribution in [0.3, 0.4) is 0 Å². The SMILES string of the molecule is CCN(C(=S)SC/C=C(/C)Cl)c1ccccc1. The van der Waals surface area contributed by atoms with E-state index in [0.29, 0.717) is 0 Å². The third-order valence-electron chi connectivity index (χ3n) is 2.18. The van der Waals surface area contributed by atoms with E-state index in [1.807, 2.05) is 31.2 Å². The smallest absolute Gasteiger partial charge is 0.141 e. The van der Waals surface area contributed by atoms with E-state index >= 15 is 0 Å². The van der Waals surface area contributed by atoms with Crippen molar-refractivity contribution < 1.29 is 0 Å². The number of anilines is 1. The Labute approximate surface area is 118 Å². The molecule has 4 heteroatoms. The van der Waals surface area contributed by atoms with Crippen LogP contribution in [-0.4, -0.2) is 16.6 Å². The first-order valence-corrected chi connectivity index (χ1v) is 7.24. The quantitative estimate of drug-likeness (QED) is 0.740. The van der Waals surface area contributed by atoms with Crippen LogP contribution in [0, 0.1) is 0 Å². The summed E-state index contributed by atoms with van der Waals surface area (Å²) >= 11 is 12.8. The molecule has 1 rings (SSSR count). The van der Waals surface area contributed by atoms with Crippen molar-refractivity contribution in [2.75, 3.05) is 17.2 Å². The van der Waals surface area contributed by atoms with Gasteiger partial charge in [0.1, 0.15) is 4.32 Å². The fraction of sp³-hybridized carbons (Fsp3) is 0.308. The molecule has 0 atom stereocenters. The fourth-order valence-corrected chi connectivity index (χ4v) is 2.80. The van der Waals surface area contributed by atoms with E-state index in [2.05, 4.69) is 24.0 Å². The monoisotopic (exact) mass is 285 g/mol. The van der Waals surface area contributed by atoms with Crippen LogP contribution in [0.5, 0.6) is 0 Å². The zero-order chi connectivity index (χ0) is 12.7. The summed E-state index contributed by atoms with van der Waals surface area (Å²) in [6, 6.07) is 10.2. The first kappa shape index (κ1) is 14.6. The lowest BCUT2D eigenvalue weighted by atomic mass is 10.3. The number of thioether (sulfide) groups is 1. The number of hydrogen-bond acceptors (Lipinski definition) is 2. The van der Waals surface area contributed by atoms with Gasteiger partial charge >= 0.3 is 0 Å². The van der Waals surface area contributed by atoms with Crippen molar-refractivity contribution in [3.05, 3.63) is 41.4 Å². The molecule has 1 aromatic carbocycles. The van der Waals surface area contributed by atoms with Crippen LogP contribution < -0.4 is 4.90 Å². The molecule has 1 aromatic rings. The molecule has 0 N–H and O–H groups in total. The van der Waals surface area contributed by atoms with Gasteiger partial charge in [-0.3, -0.25) is 0 Å². The maximum absolute atomic E-state index is 5.78. The largest absolute Gasteiger partial charge is 0.328 e. The molecule has 0 heterocycles. The summed E-state index contributed by atoms with van der Waals surface area (Å²) in [4.78, 5) is 2.12. The average molecular weight is 286 g/mol. The molecule has 0 aliphatic heterocycles. The summed E-state index contributed by atoms with van der Waals surface area (Å²) in [5.41, 5.74) is 1.14. The maximum atomic E-state index is 5.78. The third kappa shape index (κ3) is 5.11. The van der Waals surface area contributed by atoms with E-state index in [4.69, 9.17) is 23.8 Å². The summed E-state index contributed by atoms with van der Waals surface area (Å²) in [5.74, 6) is 0.817. The number of thiocarbonyl (C=S) groups is 1. The Morgan fingerprint density at radius 1 is 1.41 bits per heavy atom. The minimum absolute atomic E-state index is 0.808. The number of rotatable bonds is 4. The van der Waals surface area contributed by atoms with Crippen molar-refractivity contribution in [1.29, 1.82) is 0 Å². The van der Waals surface area contributed by atoms with Crippen molar-refractivity contribution >= 4 is 45.6 Å². The van der Waals surface area contributed by atoms with Gasteiger partial charge < -0.3 is 4.90 Å². The molecule has 0 spiro atoms. The Kier molecular flexibility index (Phi) is 6.63. The van der Waals surface area contributed by atoms with Gasteiger partial charge in [-0.25, -0.2) is 0 Å². The zero-order valence-corrected chi connectivity index (χ0v) is 12.4. The second-order valence-corrected chi connectivity index (χ2v) is 5.70. The van der Waals surface area contributed by atoms with Crippen LogP contribution in [0.2, 0.25) is 0 Å². The van der Waals surface area contributed by atoms with Gasteiger partial charge in [-0.15, -0.1) is 0 Å². The third-order valence-corrected chi connectivity index (χ3v) is 3.70. The molecular weight excluding hydrogens is 270 g/mol. The Morgan fingerprint density at radius 3 is 2.59 bits per heavy atom. The lowest BCUT2D eigenvalue weighted by Gasteiger charge is -2.22. The zero-order valence-electron chi connectivity index (χ0n) is 10.0. The molecule has 0 fully saturated rings. The van der Waals surface area contributed by atoms with E-state index in [1.165, 1.54) is 0 Å². The molecule has 0 bridgehead atoms. The van der Waals surface area contributed by atoms with Crippen LogP contribution in [0.4, 0.5) is 5.69 Å². The molecular formula is C13H16ClNS2. The lowest BCUT2D eigenvalue weighted by Crippen LogP contribution is -2.26. The molecule has 1 nitrogen and oxygen atoms in total. The fourth-order valence-electron chi connectivity index (χ4n) is 1.33. The summed E-state index contributed by atoms with van der Waals surface area (Å²) < 4.78 is 0.882. The normalized spacial score (nSPS) is 11.4. The van der Waals surface area contributed by atoms with Gasteiger partial charge in [-0.1, -0.05) is 59.9 Å². The summed E-state index contributed by atoms with van der Waals surface area (Å²) in [7, 11) is 0. The summed E-state index contributed by atoms with van der Waals surface area (Å²) in [6.07, 6.45) is 1.97. The van der Waals surface area contributed by atoms with E-state index < -0.39 is 0 Å². The van der Waals surface area contributed by atoms with E-state index in [1.54, 1.807) is 11.8 Å². The van der Waals surface area contributed by atoms with Crippen molar-refractivity contribution in [2.24, 2.45) is 0 Å².